The van der Waals surface area contributed by atoms with Gasteiger partial charge in [-0.05, 0) is 31.9 Å². The molecule has 0 bridgehead atoms. The van der Waals surface area contributed by atoms with Crippen molar-refractivity contribution in [3.05, 3.63) is 57.5 Å². The Labute approximate surface area is 172 Å². The fourth-order valence-electron chi connectivity index (χ4n) is 2.60. The van der Waals surface area contributed by atoms with E-state index < -0.39 is 34.3 Å². The van der Waals surface area contributed by atoms with Gasteiger partial charge >= 0.3 is 6.18 Å². The van der Waals surface area contributed by atoms with Crippen molar-refractivity contribution in [3.63, 3.8) is 0 Å². The van der Waals surface area contributed by atoms with Crippen LogP contribution >= 0.6 is 12.4 Å². The van der Waals surface area contributed by atoms with Crippen molar-refractivity contribution in [2.24, 2.45) is 11.7 Å². The highest BCUT2D eigenvalue weighted by Gasteiger charge is 2.35. The number of hydrogen-bond donors (Lipinski definition) is 2. The summed E-state index contributed by atoms with van der Waals surface area (Å²) in [6.45, 7) is 7.00. The van der Waals surface area contributed by atoms with Crippen LogP contribution in [0.15, 0.2) is 35.1 Å². The number of nitrogens with zero attached hydrogens (tertiary/aromatic N) is 2. The summed E-state index contributed by atoms with van der Waals surface area (Å²) in [4.78, 5) is 25.0. The van der Waals surface area contributed by atoms with E-state index in [0.29, 0.717) is 0 Å². The number of alkyl halides is 3. The molecular weight excluding hydrogens is 409 g/mol. The van der Waals surface area contributed by atoms with E-state index in [2.05, 4.69) is 10.4 Å². The second kappa shape index (κ2) is 8.96. The molecule has 0 saturated carbocycles. The molecule has 0 saturated heterocycles. The summed E-state index contributed by atoms with van der Waals surface area (Å²) in [5.74, 6) is -0.829. The summed E-state index contributed by atoms with van der Waals surface area (Å²) >= 11 is 0. The smallest absolute Gasteiger partial charge is 0.344 e. The fourth-order valence-corrected chi connectivity index (χ4v) is 2.60. The van der Waals surface area contributed by atoms with Gasteiger partial charge in [0.25, 0.3) is 5.91 Å². The van der Waals surface area contributed by atoms with Crippen molar-refractivity contribution in [2.45, 2.75) is 39.4 Å². The van der Waals surface area contributed by atoms with Crippen LogP contribution in [0.2, 0.25) is 0 Å². The zero-order chi connectivity index (χ0) is 21.3. The molecule has 1 unspecified atom stereocenters. The van der Waals surface area contributed by atoms with Gasteiger partial charge in [0.2, 0.25) is 5.43 Å². The van der Waals surface area contributed by atoms with Crippen molar-refractivity contribution in [2.75, 3.05) is 6.54 Å². The van der Waals surface area contributed by atoms with Crippen LogP contribution in [-0.4, -0.2) is 27.8 Å². The molecule has 0 aliphatic heterocycles. The average Bonchev–Trinajstić information content (AvgIpc) is 2.60. The lowest BCUT2D eigenvalue weighted by Gasteiger charge is -2.33. The first-order chi connectivity index (χ1) is 12.9. The number of aromatic nitrogens is 2. The summed E-state index contributed by atoms with van der Waals surface area (Å²) < 4.78 is 41.0. The Morgan fingerprint density at radius 3 is 2.38 bits per heavy atom. The molecule has 0 aliphatic carbocycles. The van der Waals surface area contributed by atoms with Crippen LogP contribution in [0.3, 0.4) is 0 Å². The maximum absolute atomic E-state index is 13.4. The summed E-state index contributed by atoms with van der Waals surface area (Å²) in [6, 6.07) is 5.91. The quantitative estimate of drug-likeness (QED) is 0.759. The van der Waals surface area contributed by atoms with Crippen LogP contribution in [-0.2, 0) is 6.18 Å². The highest BCUT2D eigenvalue weighted by molar-refractivity contribution is 5.92. The molecule has 1 aromatic heterocycles. The number of para-hydroxylation sites is 1. The molecule has 2 rings (SSSR count). The Hall–Kier alpha value is -2.39. The summed E-state index contributed by atoms with van der Waals surface area (Å²) in [6.07, 6.45) is -4.62. The number of aryl methyl sites for hydroxylation is 1. The maximum Gasteiger partial charge on any atom is 0.418 e. The van der Waals surface area contributed by atoms with Crippen molar-refractivity contribution in [1.82, 2.24) is 15.1 Å². The van der Waals surface area contributed by atoms with E-state index in [1.165, 1.54) is 25.1 Å². The standard InChI is InChI=1S/C19H23F3N4O2.ClH/c1-11(2)18(4,10-23)24-17(28)16-15(27)9-12(3)26(25-16)14-8-6-5-7-13(14)19(20,21)22;/h5-9,11H,10,23H2,1-4H3,(H,24,28);1H. The molecule has 1 atom stereocenters. The number of halogens is 4. The van der Waals surface area contributed by atoms with E-state index in [0.717, 1.165) is 16.8 Å². The second-order valence-corrected chi connectivity index (χ2v) is 7.16. The molecule has 1 heterocycles. The molecule has 0 fully saturated rings. The first kappa shape index (κ1) is 24.6. The van der Waals surface area contributed by atoms with Crippen LogP contribution in [0.5, 0.6) is 0 Å². The van der Waals surface area contributed by atoms with Crippen LogP contribution in [0, 0.1) is 12.8 Å². The minimum absolute atomic E-state index is 0. The van der Waals surface area contributed by atoms with Crippen molar-refractivity contribution >= 4 is 18.3 Å². The number of nitrogens with two attached hydrogens (primary N) is 1. The van der Waals surface area contributed by atoms with Gasteiger partial charge in [-0.3, -0.25) is 9.59 Å². The van der Waals surface area contributed by atoms with Gasteiger partial charge in [-0.15, -0.1) is 12.4 Å². The molecule has 0 aliphatic rings. The van der Waals surface area contributed by atoms with Crippen molar-refractivity contribution in [1.29, 1.82) is 0 Å². The predicted octanol–water partition coefficient (Wildman–Crippen LogP) is 3.08. The van der Waals surface area contributed by atoms with Gasteiger partial charge in [0.15, 0.2) is 5.69 Å². The lowest BCUT2D eigenvalue weighted by atomic mass is 9.88. The number of rotatable bonds is 5. The van der Waals surface area contributed by atoms with Crippen LogP contribution < -0.4 is 16.5 Å². The minimum Gasteiger partial charge on any atom is -0.344 e. The van der Waals surface area contributed by atoms with E-state index in [4.69, 9.17) is 5.73 Å². The third-order valence-corrected chi connectivity index (χ3v) is 4.86. The van der Waals surface area contributed by atoms with E-state index in [9.17, 15) is 22.8 Å². The summed E-state index contributed by atoms with van der Waals surface area (Å²) in [5.41, 5.74) is 2.74. The lowest BCUT2D eigenvalue weighted by molar-refractivity contribution is -0.137. The molecule has 10 heteroatoms. The normalized spacial score (nSPS) is 13.6. The van der Waals surface area contributed by atoms with Gasteiger partial charge in [-0.25, -0.2) is 4.68 Å². The summed E-state index contributed by atoms with van der Waals surface area (Å²) in [5, 5.41) is 6.63. The molecule has 2 aromatic rings. The largest absolute Gasteiger partial charge is 0.418 e. The molecule has 1 amide bonds. The molecule has 29 heavy (non-hydrogen) atoms. The first-order valence-corrected chi connectivity index (χ1v) is 8.71. The molecule has 160 valence electrons. The zero-order valence-electron chi connectivity index (χ0n) is 16.5. The van der Waals surface area contributed by atoms with E-state index >= 15 is 0 Å². The third-order valence-electron chi connectivity index (χ3n) is 4.86. The van der Waals surface area contributed by atoms with Crippen LogP contribution in [0.25, 0.3) is 5.69 Å². The van der Waals surface area contributed by atoms with Crippen LogP contribution in [0.4, 0.5) is 13.2 Å². The monoisotopic (exact) mass is 432 g/mol. The third kappa shape index (κ3) is 5.16. The topological polar surface area (TPSA) is 90.0 Å². The molecule has 6 nitrogen and oxygen atoms in total. The lowest BCUT2D eigenvalue weighted by Crippen LogP contribution is -2.55. The van der Waals surface area contributed by atoms with Gasteiger partial charge in [0.05, 0.1) is 16.8 Å². The van der Waals surface area contributed by atoms with E-state index in [1.54, 1.807) is 6.92 Å². The van der Waals surface area contributed by atoms with Gasteiger partial charge in [0, 0.05) is 18.3 Å². The van der Waals surface area contributed by atoms with Crippen molar-refractivity contribution < 1.29 is 18.0 Å². The van der Waals surface area contributed by atoms with Crippen molar-refractivity contribution in [3.8, 4) is 5.69 Å². The Balaban J connectivity index is 0.00000420. The second-order valence-electron chi connectivity index (χ2n) is 7.16. The molecule has 3 N–H and O–H groups in total. The average molecular weight is 433 g/mol. The van der Waals surface area contributed by atoms with E-state index in [1.807, 2.05) is 13.8 Å². The van der Waals surface area contributed by atoms with Gasteiger partial charge in [-0.1, -0.05) is 26.0 Å². The Kier molecular flexibility index (Phi) is 7.61. The fraction of sp³-hybridized carbons (Fsp3) is 0.421. The van der Waals surface area contributed by atoms with Gasteiger partial charge in [-0.2, -0.15) is 18.3 Å². The van der Waals surface area contributed by atoms with Crippen LogP contribution in [0.1, 0.15) is 42.5 Å². The number of nitrogens with one attached hydrogen (secondary N) is 1. The highest BCUT2D eigenvalue weighted by atomic mass is 35.5. The zero-order valence-corrected chi connectivity index (χ0v) is 17.3. The Bertz CT molecular complexity index is 944. The molecule has 0 spiro atoms. The van der Waals surface area contributed by atoms with E-state index in [-0.39, 0.29) is 36.3 Å². The molecule has 0 radical (unpaired) electrons. The molecule has 1 aromatic carbocycles. The van der Waals surface area contributed by atoms with Gasteiger partial charge in [0.1, 0.15) is 0 Å². The minimum atomic E-state index is -4.62. The number of benzene rings is 1. The highest BCUT2D eigenvalue weighted by Crippen LogP contribution is 2.33. The summed E-state index contributed by atoms with van der Waals surface area (Å²) in [7, 11) is 0. The Morgan fingerprint density at radius 2 is 1.86 bits per heavy atom. The van der Waals surface area contributed by atoms with Gasteiger partial charge < -0.3 is 11.1 Å². The number of amides is 1. The number of carbonyl (C=O) groups excluding carboxylic acids is 1. The first-order valence-electron chi connectivity index (χ1n) is 8.71. The number of hydrogen-bond acceptors (Lipinski definition) is 4. The Morgan fingerprint density at radius 1 is 1.28 bits per heavy atom. The predicted molar refractivity (Wildman–Crippen MR) is 107 cm³/mol. The SMILES string of the molecule is Cc1cc(=O)c(C(=O)NC(C)(CN)C(C)C)nn1-c1ccccc1C(F)(F)F.Cl. The number of carbonyl (C=O) groups is 1. The molecular formula is C19H24ClF3N4O2. The maximum atomic E-state index is 13.4.